The minimum atomic E-state index is -0.912. The number of likely N-dealkylation sites (tertiary alicyclic amines) is 1. The molecular formula is C12H14BrN5O2. The molecule has 0 radical (unpaired) electrons. The Morgan fingerprint density at radius 1 is 1.50 bits per heavy atom. The third-order valence-corrected chi connectivity index (χ3v) is 4.17. The number of nitrogens with two attached hydrogens (primary N) is 1. The summed E-state index contributed by atoms with van der Waals surface area (Å²) in [7, 11) is 0. The molecule has 1 aliphatic rings. The number of rotatable bonds is 1. The van der Waals surface area contributed by atoms with E-state index in [4.69, 9.17) is 5.73 Å². The molecule has 0 bridgehead atoms. The lowest BCUT2D eigenvalue weighted by molar-refractivity contribution is 0.103. The van der Waals surface area contributed by atoms with Gasteiger partial charge in [0.15, 0.2) is 5.82 Å². The van der Waals surface area contributed by atoms with E-state index in [9.17, 15) is 9.90 Å². The Morgan fingerprint density at radius 3 is 3.05 bits per heavy atom. The SMILES string of the molecule is Nc1nccn2c(C3CCCCN3C(=O)O)nc(Br)c12. The van der Waals surface area contributed by atoms with Crippen molar-refractivity contribution >= 4 is 33.4 Å². The minimum absolute atomic E-state index is 0.248. The fourth-order valence-corrected chi connectivity index (χ4v) is 3.28. The van der Waals surface area contributed by atoms with Gasteiger partial charge in [0.1, 0.15) is 15.9 Å². The fourth-order valence-electron chi connectivity index (χ4n) is 2.71. The van der Waals surface area contributed by atoms with E-state index < -0.39 is 6.09 Å². The highest BCUT2D eigenvalue weighted by atomic mass is 79.9. The van der Waals surface area contributed by atoms with Crippen LogP contribution in [-0.2, 0) is 0 Å². The minimum Gasteiger partial charge on any atom is -0.465 e. The molecular weight excluding hydrogens is 326 g/mol. The number of halogens is 1. The van der Waals surface area contributed by atoms with Crippen molar-refractivity contribution in [1.29, 1.82) is 0 Å². The van der Waals surface area contributed by atoms with Crippen LogP contribution in [0.2, 0.25) is 0 Å². The first-order valence-corrected chi connectivity index (χ1v) is 7.16. The Hall–Kier alpha value is -1.83. The summed E-state index contributed by atoms with van der Waals surface area (Å²) in [5, 5.41) is 9.34. The molecule has 3 N–H and O–H groups in total. The van der Waals surface area contributed by atoms with Crippen molar-refractivity contribution in [3.05, 3.63) is 22.8 Å². The highest BCUT2D eigenvalue weighted by molar-refractivity contribution is 9.10. The van der Waals surface area contributed by atoms with Gasteiger partial charge in [-0.3, -0.25) is 9.30 Å². The number of fused-ring (bicyclic) bond motifs is 1. The Kier molecular flexibility index (Phi) is 3.25. The Bertz CT molecular complexity index is 671. The van der Waals surface area contributed by atoms with E-state index in [1.807, 2.05) is 4.40 Å². The van der Waals surface area contributed by atoms with Gasteiger partial charge in [-0.1, -0.05) is 0 Å². The maximum Gasteiger partial charge on any atom is 0.407 e. The smallest absolute Gasteiger partial charge is 0.407 e. The van der Waals surface area contributed by atoms with Crippen LogP contribution in [0.25, 0.3) is 5.52 Å². The molecule has 3 heterocycles. The van der Waals surface area contributed by atoms with Crippen molar-refractivity contribution in [3.63, 3.8) is 0 Å². The fraction of sp³-hybridized carbons (Fsp3) is 0.417. The van der Waals surface area contributed by atoms with Crippen molar-refractivity contribution in [2.75, 3.05) is 12.3 Å². The normalized spacial score (nSPS) is 19.4. The van der Waals surface area contributed by atoms with Crippen LogP contribution < -0.4 is 5.73 Å². The number of nitrogens with zero attached hydrogens (tertiary/aromatic N) is 4. The first-order valence-electron chi connectivity index (χ1n) is 6.37. The molecule has 0 aliphatic carbocycles. The maximum atomic E-state index is 11.4. The van der Waals surface area contributed by atoms with E-state index in [1.54, 1.807) is 12.4 Å². The van der Waals surface area contributed by atoms with Crippen molar-refractivity contribution < 1.29 is 9.90 Å². The van der Waals surface area contributed by atoms with E-state index in [0.717, 1.165) is 19.3 Å². The summed E-state index contributed by atoms with van der Waals surface area (Å²) < 4.78 is 2.41. The number of hydrogen-bond acceptors (Lipinski definition) is 4. The lowest BCUT2D eigenvalue weighted by Gasteiger charge is -2.32. The number of piperidine rings is 1. The Morgan fingerprint density at radius 2 is 2.30 bits per heavy atom. The van der Waals surface area contributed by atoms with Gasteiger partial charge in [0, 0.05) is 18.9 Å². The maximum absolute atomic E-state index is 11.4. The lowest BCUT2D eigenvalue weighted by atomic mass is 10.0. The van der Waals surface area contributed by atoms with Crippen molar-refractivity contribution in [2.24, 2.45) is 0 Å². The summed E-state index contributed by atoms with van der Waals surface area (Å²) in [6.07, 6.45) is 5.07. The van der Waals surface area contributed by atoms with E-state index in [1.165, 1.54) is 4.90 Å². The first-order chi connectivity index (χ1) is 9.59. The monoisotopic (exact) mass is 339 g/mol. The molecule has 1 unspecified atom stereocenters. The second-order valence-corrected chi connectivity index (χ2v) is 5.53. The second-order valence-electron chi connectivity index (χ2n) is 4.78. The number of carbonyl (C=O) groups is 1. The molecule has 3 rings (SSSR count). The third-order valence-electron chi connectivity index (χ3n) is 3.61. The Balaban J connectivity index is 2.14. The van der Waals surface area contributed by atoms with E-state index in [0.29, 0.717) is 28.3 Å². The molecule has 8 heteroatoms. The van der Waals surface area contributed by atoms with Crippen LogP contribution in [0.3, 0.4) is 0 Å². The van der Waals surface area contributed by atoms with Crippen LogP contribution in [-0.4, -0.2) is 37.0 Å². The molecule has 1 fully saturated rings. The van der Waals surface area contributed by atoms with Crippen LogP contribution in [0.4, 0.5) is 10.6 Å². The average Bonchev–Trinajstić information content (AvgIpc) is 2.77. The summed E-state index contributed by atoms with van der Waals surface area (Å²) in [6.45, 7) is 0.535. The third kappa shape index (κ3) is 2.00. The van der Waals surface area contributed by atoms with Crippen LogP contribution in [0.1, 0.15) is 31.1 Å². The first kappa shape index (κ1) is 13.2. The number of amides is 1. The topological polar surface area (TPSA) is 96.8 Å². The highest BCUT2D eigenvalue weighted by Gasteiger charge is 2.31. The van der Waals surface area contributed by atoms with Gasteiger partial charge in [-0.25, -0.2) is 14.8 Å². The molecule has 2 aromatic rings. The van der Waals surface area contributed by atoms with Gasteiger partial charge in [0.25, 0.3) is 0 Å². The molecule has 20 heavy (non-hydrogen) atoms. The number of aromatic nitrogens is 3. The van der Waals surface area contributed by atoms with E-state index >= 15 is 0 Å². The zero-order chi connectivity index (χ0) is 14.3. The molecule has 0 aromatic carbocycles. The zero-order valence-electron chi connectivity index (χ0n) is 10.7. The van der Waals surface area contributed by atoms with E-state index in [2.05, 4.69) is 25.9 Å². The molecule has 2 aromatic heterocycles. The van der Waals surface area contributed by atoms with Crippen LogP contribution in [0.15, 0.2) is 17.0 Å². The van der Waals surface area contributed by atoms with Crippen molar-refractivity contribution in [1.82, 2.24) is 19.3 Å². The highest BCUT2D eigenvalue weighted by Crippen LogP contribution is 2.33. The predicted octanol–water partition coefficient (Wildman–Crippen LogP) is 2.28. The lowest BCUT2D eigenvalue weighted by Crippen LogP contribution is -2.38. The summed E-state index contributed by atoms with van der Waals surface area (Å²) in [5.74, 6) is 1.05. The van der Waals surface area contributed by atoms with Crippen LogP contribution in [0.5, 0.6) is 0 Å². The van der Waals surface area contributed by atoms with Gasteiger partial charge in [-0.15, -0.1) is 0 Å². The standard InChI is InChI=1S/C12H14BrN5O2/c13-9-8-10(14)15-4-6-18(8)11(16-9)7-3-1-2-5-17(7)12(19)20/h4,6-7H,1-3,5H2,(H2,14,15)(H,19,20). The molecule has 1 aliphatic heterocycles. The number of carboxylic acid groups (broad SMARTS) is 1. The quantitative estimate of drug-likeness (QED) is 0.830. The molecule has 1 amide bonds. The zero-order valence-corrected chi connectivity index (χ0v) is 12.2. The summed E-state index contributed by atoms with van der Waals surface area (Å²) in [5.41, 5.74) is 6.54. The van der Waals surface area contributed by atoms with Gasteiger partial charge >= 0.3 is 6.09 Å². The molecule has 0 saturated carbocycles. The van der Waals surface area contributed by atoms with Crippen LogP contribution in [0, 0.1) is 0 Å². The van der Waals surface area contributed by atoms with Gasteiger partial charge in [0.2, 0.25) is 0 Å². The van der Waals surface area contributed by atoms with Gasteiger partial charge in [-0.2, -0.15) is 0 Å². The van der Waals surface area contributed by atoms with Crippen molar-refractivity contribution in [2.45, 2.75) is 25.3 Å². The molecule has 106 valence electrons. The second kappa shape index (κ2) is 4.93. The van der Waals surface area contributed by atoms with Crippen molar-refractivity contribution in [3.8, 4) is 0 Å². The summed E-state index contributed by atoms with van der Waals surface area (Å²) >= 11 is 3.37. The molecule has 0 spiro atoms. The predicted molar refractivity (Wildman–Crippen MR) is 76.4 cm³/mol. The average molecular weight is 340 g/mol. The van der Waals surface area contributed by atoms with Gasteiger partial charge < -0.3 is 10.8 Å². The molecule has 1 saturated heterocycles. The van der Waals surface area contributed by atoms with E-state index in [-0.39, 0.29) is 6.04 Å². The summed E-state index contributed by atoms with van der Waals surface area (Å²) in [6, 6.07) is -0.248. The molecule has 1 atom stereocenters. The number of anilines is 1. The Labute approximate surface area is 123 Å². The number of hydrogen-bond donors (Lipinski definition) is 2. The largest absolute Gasteiger partial charge is 0.465 e. The molecule has 7 nitrogen and oxygen atoms in total. The van der Waals surface area contributed by atoms with Gasteiger partial charge in [-0.05, 0) is 35.2 Å². The number of nitrogen functional groups attached to an aromatic ring is 1. The van der Waals surface area contributed by atoms with Crippen LogP contribution >= 0.6 is 15.9 Å². The van der Waals surface area contributed by atoms with Gasteiger partial charge in [0.05, 0.1) is 6.04 Å². The summed E-state index contributed by atoms with van der Waals surface area (Å²) in [4.78, 5) is 21.3. The number of imidazole rings is 1.